The minimum atomic E-state index is -0.299. The van der Waals surface area contributed by atoms with Crippen LogP contribution in [0.25, 0.3) is 0 Å². The van der Waals surface area contributed by atoms with E-state index < -0.39 is 0 Å². The smallest absolute Gasteiger partial charge is 0.163 e. The van der Waals surface area contributed by atoms with Crippen molar-refractivity contribution in [3.05, 3.63) is 105 Å². The van der Waals surface area contributed by atoms with Crippen LogP contribution in [0, 0.1) is 6.92 Å². The second-order valence-electron chi connectivity index (χ2n) is 8.25. The number of benzene rings is 3. The van der Waals surface area contributed by atoms with Gasteiger partial charge in [0.25, 0.3) is 0 Å². The maximum atomic E-state index is 13.5. The summed E-state index contributed by atoms with van der Waals surface area (Å²) < 4.78 is 0. The molecule has 3 nitrogen and oxygen atoms in total. The Hall–Kier alpha value is -2.75. The van der Waals surface area contributed by atoms with Gasteiger partial charge in [0.15, 0.2) is 5.78 Å². The van der Waals surface area contributed by atoms with Gasteiger partial charge in [0, 0.05) is 17.7 Å². The van der Waals surface area contributed by atoms with Gasteiger partial charge in [-0.3, -0.25) is 4.79 Å². The summed E-state index contributed by atoms with van der Waals surface area (Å²) in [7, 11) is 0. The molecule has 2 aliphatic rings. The predicted molar refractivity (Wildman–Crippen MR) is 128 cm³/mol. The number of rotatable bonds is 2. The molecule has 3 aromatic carbocycles. The highest BCUT2D eigenvalue weighted by atomic mass is 35.5. The molecule has 31 heavy (non-hydrogen) atoms. The molecule has 0 aromatic heterocycles. The fourth-order valence-electron chi connectivity index (χ4n) is 4.51. The van der Waals surface area contributed by atoms with Gasteiger partial charge in [0.05, 0.1) is 27.5 Å². The summed E-state index contributed by atoms with van der Waals surface area (Å²) in [6.07, 6.45) is 1.26. The third kappa shape index (κ3) is 3.84. The zero-order valence-electron chi connectivity index (χ0n) is 17.1. The van der Waals surface area contributed by atoms with Gasteiger partial charge in [-0.1, -0.05) is 71.2 Å². The van der Waals surface area contributed by atoms with Crippen LogP contribution in [0.4, 0.5) is 11.4 Å². The van der Waals surface area contributed by atoms with E-state index in [0.717, 1.165) is 34.6 Å². The Balaban J connectivity index is 1.61. The number of hydrogen-bond donors (Lipinski definition) is 2. The molecule has 3 aromatic rings. The number of carbonyl (C=O) groups excluding carboxylic acids is 1. The van der Waals surface area contributed by atoms with Gasteiger partial charge >= 0.3 is 0 Å². The predicted octanol–water partition coefficient (Wildman–Crippen LogP) is 7.28. The maximum absolute atomic E-state index is 13.5. The molecule has 0 radical (unpaired) electrons. The van der Waals surface area contributed by atoms with E-state index in [2.05, 4.69) is 41.8 Å². The highest BCUT2D eigenvalue weighted by molar-refractivity contribution is 6.42. The highest BCUT2D eigenvalue weighted by Gasteiger charge is 2.36. The molecule has 1 aliphatic carbocycles. The molecule has 156 valence electrons. The maximum Gasteiger partial charge on any atom is 0.163 e. The molecule has 2 N–H and O–H groups in total. The Morgan fingerprint density at radius 1 is 0.839 bits per heavy atom. The quantitative estimate of drug-likeness (QED) is 0.432. The topological polar surface area (TPSA) is 41.1 Å². The fraction of sp³-hybridized carbons (Fsp3) is 0.192. The van der Waals surface area contributed by atoms with Gasteiger partial charge in [0.1, 0.15) is 0 Å². The van der Waals surface area contributed by atoms with E-state index in [1.807, 2.05) is 36.4 Å². The first-order valence-corrected chi connectivity index (χ1v) is 11.2. The van der Waals surface area contributed by atoms with Gasteiger partial charge < -0.3 is 10.6 Å². The average Bonchev–Trinajstić information content (AvgIpc) is 2.93. The standard InChI is InChI=1S/C26H22Cl2N2O/c1-15-6-8-16(9-7-15)18-13-23-25(24(31)14-18)26(17-10-11-19(27)20(28)12-17)30-22-5-3-2-4-21(22)29-23/h2-12,18,26,29-30H,13-14H2,1H3. The van der Waals surface area contributed by atoms with Crippen molar-refractivity contribution in [2.45, 2.75) is 31.7 Å². The van der Waals surface area contributed by atoms with Gasteiger partial charge in [-0.2, -0.15) is 0 Å². The Kier molecular flexibility index (Phi) is 5.25. The number of aryl methyl sites for hydroxylation is 1. The molecule has 1 heterocycles. The van der Waals surface area contributed by atoms with Crippen LogP contribution in [-0.2, 0) is 4.79 Å². The molecule has 5 rings (SSSR count). The summed E-state index contributed by atoms with van der Waals surface area (Å²) in [6.45, 7) is 2.08. The summed E-state index contributed by atoms with van der Waals surface area (Å²) in [5.74, 6) is 0.301. The number of Topliss-reactive ketones (excluding diaryl/α,β-unsaturated/α-hetero) is 1. The van der Waals surface area contributed by atoms with Crippen LogP contribution in [0.5, 0.6) is 0 Å². The summed E-state index contributed by atoms with van der Waals surface area (Å²) >= 11 is 12.5. The molecule has 2 unspecified atom stereocenters. The summed E-state index contributed by atoms with van der Waals surface area (Å²) in [6, 6.07) is 21.8. The number of fused-ring (bicyclic) bond motifs is 1. The number of carbonyl (C=O) groups is 1. The number of ketones is 1. The second kappa shape index (κ2) is 8.07. The molecule has 0 bridgehead atoms. The first-order valence-electron chi connectivity index (χ1n) is 10.4. The van der Waals surface area contributed by atoms with E-state index >= 15 is 0 Å². The van der Waals surface area contributed by atoms with E-state index in [1.54, 1.807) is 6.07 Å². The average molecular weight is 449 g/mol. The molecule has 0 saturated carbocycles. The fourth-order valence-corrected chi connectivity index (χ4v) is 4.82. The van der Waals surface area contributed by atoms with Crippen molar-refractivity contribution in [3.8, 4) is 0 Å². The molecular formula is C26H22Cl2N2O. The third-order valence-corrected chi connectivity index (χ3v) is 6.87. The van der Waals surface area contributed by atoms with E-state index in [4.69, 9.17) is 23.2 Å². The van der Waals surface area contributed by atoms with E-state index in [0.29, 0.717) is 16.5 Å². The Labute approximate surface area is 192 Å². The Morgan fingerprint density at radius 3 is 2.29 bits per heavy atom. The Bertz CT molecular complexity index is 1200. The van der Waals surface area contributed by atoms with Crippen molar-refractivity contribution in [2.75, 3.05) is 10.6 Å². The van der Waals surface area contributed by atoms with Crippen molar-refractivity contribution >= 4 is 40.4 Å². The van der Waals surface area contributed by atoms with Gasteiger partial charge in [0.2, 0.25) is 0 Å². The lowest BCUT2D eigenvalue weighted by molar-refractivity contribution is -0.116. The molecule has 0 saturated heterocycles. The lowest BCUT2D eigenvalue weighted by Crippen LogP contribution is -2.26. The number of halogens is 2. The monoisotopic (exact) mass is 448 g/mol. The van der Waals surface area contributed by atoms with Gasteiger partial charge in [-0.25, -0.2) is 0 Å². The van der Waals surface area contributed by atoms with Crippen LogP contribution in [0.1, 0.15) is 41.5 Å². The van der Waals surface area contributed by atoms with Crippen LogP contribution in [0.2, 0.25) is 10.0 Å². The highest BCUT2D eigenvalue weighted by Crippen LogP contribution is 2.44. The van der Waals surface area contributed by atoms with Crippen LogP contribution < -0.4 is 10.6 Å². The van der Waals surface area contributed by atoms with Gasteiger partial charge in [-0.05, 0) is 54.7 Å². The first-order chi connectivity index (χ1) is 15.0. The van der Waals surface area contributed by atoms with Crippen LogP contribution in [-0.4, -0.2) is 5.78 Å². The zero-order valence-corrected chi connectivity index (χ0v) is 18.6. The van der Waals surface area contributed by atoms with Crippen molar-refractivity contribution < 1.29 is 4.79 Å². The zero-order chi connectivity index (χ0) is 21.5. The van der Waals surface area contributed by atoms with E-state index in [1.165, 1.54) is 11.1 Å². The third-order valence-electron chi connectivity index (χ3n) is 6.13. The molecule has 0 amide bonds. The van der Waals surface area contributed by atoms with Crippen LogP contribution in [0.15, 0.2) is 78.0 Å². The molecular weight excluding hydrogens is 427 g/mol. The number of hydrogen-bond acceptors (Lipinski definition) is 3. The van der Waals surface area contributed by atoms with E-state index in [9.17, 15) is 4.79 Å². The van der Waals surface area contributed by atoms with Crippen molar-refractivity contribution in [1.82, 2.24) is 0 Å². The van der Waals surface area contributed by atoms with Crippen LogP contribution >= 0.6 is 23.2 Å². The van der Waals surface area contributed by atoms with Gasteiger partial charge in [-0.15, -0.1) is 0 Å². The summed E-state index contributed by atoms with van der Waals surface area (Å²) in [4.78, 5) is 13.5. The molecule has 2 atom stereocenters. The summed E-state index contributed by atoms with van der Waals surface area (Å²) in [5, 5.41) is 8.12. The lowest BCUT2D eigenvalue weighted by Gasteiger charge is -2.30. The Morgan fingerprint density at radius 2 is 1.55 bits per heavy atom. The van der Waals surface area contributed by atoms with Crippen molar-refractivity contribution in [3.63, 3.8) is 0 Å². The van der Waals surface area contributed by atoms with Crippen LogP contribution in [0.3, 0.4) is 0 Å². The lowest BCUT2D eigenvalue weighted by atomic mass is 9.78. The molecule has 0 fully saturated rings. The SMILES string of the molecule is Cc1ccc(C2CC(=O)C3=C(C2)Nc2ccccc2NC3c2ccc(Cl)c(Cl)c2)cc1. The minimum Gasteiger partial charge on any atom is -0.372 e. The first kappa shape index (κ1) is 20.2. The van der Waals surface area contributed by atoms with E-state index in [-0.39, 0.29) is 17.7 Å². The molecule has 1 aliphatic heterocycles. The minimum absolute atomic E-state index is 0.149. The molecule has 0 spiro atoms. The summed E-state index contributed by atoms with van der Waals surface area (Å²) in [5.41, 5.74) is 7.00. The molecule has 5 heteroatoms. The van der Waals surface area contributed by atoms with Crippen molar-refractivity contribution in [1.29, 1.82) is 0 Å². The number of nitrogens with one attached hydrogen (secondary N) is 2. The second-order valence-corrected chi connectivity index (χ2v) is 9.07. The largest absolute Gasteiger partial charge is 0.372 e. The number of para-hydroxylation sites is 2. The number of anilines is 2. The normalized spacial score (nSPS) is 20.3. The number of allylic oxidation sites excluding steroid dienone is 1. The van der Waals surface area contributed by atoms with Crippen molar-refractivity contribution in [2.24, 2.45) is 0 Å².